The summed E-state index contributed by atoms with van der Waals surface area (Å²) in [7, 11) is -3.88. The summed E-state index contributed by atoms with van der Waals surface area (Å²) in [4.78, 5) is 46.4. The summed E-state index contributed by atoms with van der Waals surface area (Å²) < 4.78 is 32.9. The van der Waals surface area contributed by atoms with Crippen molar-refractivity contribution in [2.45, 2.75) is 71.1 Å². The molecule has 4 rings (SSSR count). The van der Waals surface area contributed by atoms with Crippen molar-refractivity contribution in [2.24, 2.45) is 5.92 Å². The van der Waals surface area contributed by atoms with E-state index in [0.29, 0.717) is 61.9 Å². The molecule has 2 saturated heterocycles. The minimum Gasteiger partial charge on any atom is -0.462 e. The molecule has 1 aromatic heterocycles. The number of nitriles is 1. The normalized spacial score (nSPS) is 16.2. The van der Waals surface area contributed by atoms with E-state index in [4.69, 9.17) is 9.72 Å². The number of anilines is 1. The number of piperidine rings is 2. The first kappa shape index (κ1) is 31.9. The number of nitrogens with one attached hydrogen (secondary N) is 1. The van der Waals surface area contributed by atoms with E-state index in [1.165, 1.54) is 6.07 Å². The van der Waals surface area contributed by atoms with Gasteiger partial charge < -0.3 is 14.5 Å². The number of hydrogen-bond acceptors (Lipinski definition) is 9. The Morgan fingerprint density at radius 1 is 1.14 bits per heavy atom. The van der Waals surface area contributed by atoms with E-state index in [1.807, 2.05) is 17.0 Å². The largest absolute Gasteiger partial charge is 0.462 e. The van der Waals surface area contributed by atoms with Crippen LogP contribution in [-0.2, 0) is 36.6 Å². The molecule has 0 saturated carbocycles. The van der Waals surface area contributed by atoms with E-state index < -0.39 is 27.8 Å². The molecular weight excluding hydrogens is 570 g/mol. The number of carbonyl (C=O) groups excluding carboxylic acids is 3. The molecule has 0 atom stereocenters. The Morgan fingerprint density at radius 3 is 2.44 bits per heavy atom. The molecule has 2 amide bonds. The quantitative estimate of drug-likeness (QED) is 0.399. The van der Waals surface area contributed by atoms with Crippen molar-refractivity contribution < 1.29 is 27.5 Å². The minimum absolute atomic E-state index is 0.0110. The SMILES string of the molecule is CCOC(=O)c1cc(C#N)c(N2CCC(C(=O)NS(=O)(=O)Cc3ccc(C(C)C)cc3)CC2)nc1CN1CCCCC1=O. The molecule has 230 valence electrons. The second-order valence-corrected chi connectivity index (χ2v) is 13.1. The molecule has 11 nitrogen and oxygen atoms in total. The molecule has 12 heteroatoms. The second kappa shape index (κ2) is 14.0. The van der Waals surface area contributed by atoms with E-state index >= 15 is 0 Å². The predicted octanol–water partition coefficient (Wildman–Crippen LogP) is 3.63. The number of sulfonamides is 1. The second-order valence-electron chi connectivity index (χ2n) is 11.3. The number of likely N-dealkylation sites (tertiary alicyclic amines) is 1. The third-order valence-electron chi connectivity index (χ3n) is 7.88. The van der Waals surface area contributed by atoms with Crippen LogP contribution < -0.4 is 9.62 Å². The first-order chi connectivity index (χ1) is 20.5. The fraction of sp³-hybridized carbons (Fsp3) is 0.516. The van der Waals surface area contributed by atoms with Crippen LogP contribution in [0, 0.1) is 17.2 Å². The molecule has 0 spiro atoms. The molecule has 0 aliphatic carbocycles. The maximum atomic E-state index is 12.9. The maximum absolute atomic E-state index is 12.9. The Hall–Kier alpha value is -3.98. The van der Waals surface area contributed by atoms with E-state index in [0.717, 1.165) is 18.4 Å². The molecule has 1 N–H and O–H groups in total. The van der Waals surface area contributed by atoms with Crippen LogP contribution in [-0.4, -0.2) is 62.3 Å². The Labute approximate surface area is 253 Å². The number of pyridine rings is 1. The molecular formula is C31H39N5O6S. The first-order valence-electron chi connectivity index (χ1n) is 14.8. The fourth-order valence-electron chi connectivity index (χ4n) is 5.42. The lowest BCUT2D eigenvalue weighted by molar-refractivity contribution is -0.134. The van der Waals surface area contributed by atoms with Gasteiger partial charge in [0.1, 0.15) is 11.9 Å². The maximum Gasteiger partial charge on any atom is 0.340 e. The van der Waals surface area contributed by atoms with Crippen molar-refractivity contribution in [1.82, 2.24) is 14.6 Å². The lowest BCUT2D eigenvalue weighted by atomic mass is 9.96. The number of benzene rings is 1. The van der Waals surface area contributed by atoms with Gasteiger partial charge in [0.15, 0.2) is 0 Å². The molecule has 2 aliphatic rings. The van der Waals surface area contributed by atoms with Crippen LogP contribution in [0.3, 0.4) is 0 Å². The number of amides is 2. The van der Waals surface area contributed by atoms with Crippen LogP contribution in [0.4, 0.5) is 5.82 Å². The number of esters is 1. The predicted molar refractivity (Wildman–Crippen MR) is 160 cm³/mol. The van der Waals surface area contributed by atoms with Gasteiger partial charge in [0, 0.05) is 32.0 Å². The van der Waals surface area contributed by atoms with E-state index in [9.17, 15) is 28.1 Å². The van der Waals surface area contributed by atoms with Gasteiger partial charge in [-0.15, -0.1) is 0 Å². The Morgan fingerprint density at radius 2 is 1.84 bits per heavy atom. The summed E-state index contributed by atoms with van der Waals surface area (Å²) in [5.74, 6) is -1.28. The summed E-state index contributed by atoms with van der Waals surface area (Å²) in [6.07, 6.45) is 2.83. The summed E-state index contributed by atoms with van der Waals surface area (Å²) in [6.45, 7) is 7.37. The zero-order valence-electron chi connectivity index (χ0n) is 25.0. The fourth-order valence-corrected chi connectivity index (χ4v) is 6.60. The number of hydrogen-bond donors (Lipinski definition) is 1. The van der Waals surface area contributed by atoms with Crippen molar-refractivity contribution in [2.75, 3.05) is 31.1 Å². The monoisotopic (exact) mass is 609 g/mol. The molecule has 2 aromatic rings. The Kier molecular flexibility index (Phi) is 10.4. The highest BCUT2D eigenvalue weighted by atomic mass is 32.2. The standard InChI is InChI=1S/C31H39N5O6S/c1-4-42-31(39)26-17-25(18-32)29(33-27(26)19-36-14-6-5-7-28(36)37)35-15-12-24(13-16-35)30(38)34-43(40,41)20-22-8-10-23(11-9-22)21(2)3/h8-11,17,21,24H,4-7,12-16,19-20H2,1-3H3,(H,34,38). The van der Waals surface area contributed by atoms with Crippen molar-refractivity contribution in [3.63, 3.8) is 0 Å². The highest BCUT2D eigenvalue weighted by Crippen LogP contribution is 2.28. The van der Waals surface area contributed by atoms with Gasteiger partial charge in [-0.1, -0.05) is 38.1 Å². The summed E-state index contributed by atoms with van der Waals surface area (Å²) in [6, 6.07) is 10.9. The van der Waals surface area contributed by atoms with Crippen LogP contribution in [0.2, 0.25) is 0 Å². The molecule has 1 aromatic carbocycles. The number of carbonyl (C=O) groups is 3. The molecule has 3 heterocycles. The number of ether oxygens (including phenoxy) is 1. The molecule has 43 heavy (non-hydrogen) atoms. The first-order valence-corrected chi connectivity index (χ1v) is 16.4. The van der Waals surface area contributed by atoms with Gasteiger partial charge in [-0.05, 0) is 55.7 Å². The van der Waals surface area contributed by atoms with E-state index in [2.05, 4.69) is 24.6 Å². The molecule has 0 unspecified atom stereocenters. The van der Waals surface area contributed by atoms with Gasteiger partial charge >= 0.3 is 5.97 Å². The van der Waals surface area contributed by atoms with Gasteiger partial charge in [-0.3, -0.25) is 14.3 Å². The van der Waals surface area contributed by atoms with Gasteiger partial charge in [0.25, 0.3) is 0 Å². The van der Waals surface area contributed by atoms with Crippen LogP contribution in [0.25, 0.3) is 0 Å². The third kappa shape index (κ3) is 8.10. The average molecular weight is 610 g/mol. The van der Waals surface area contributed by atoms with Gasteiger partial charge in [-0.2, -0.15) is 5.26 Å². The van der Waals surface area contributed by atoms with Gasteiger partial charge in [0.05, 0.1) is 35.7 Å². The van der Waals surface area contributed by atoms with Crippen LogP contribution in [0.5, 0.6) is 0 Å². The third-order valence-corrected chi connectivity index (χ3v) is 9.11. The lowest BCUT2D eigenvalue weighted by Gasteiger charge is -2.33. The average Bonchev–Trinajstić information content (AvgIpc) is 2.98. The number of aromatic nitrogens is 1. The zero-order chi connectivity index (χ0) is 31.1. The highest BCUT2D eigenvalue weighted by molar-refractivity contribution is 7.89. The summed E-state index contributed by atoms with van der Waals surface area (Å²) in [5, 5.41) is 9.91. The van der Waals surface area contributed by atoms with Gasteiger partial charge in [-0.25, -0.2) is 18.2 Å². The number of nitrogens with zero attached hydrogens (tertiary/aromatic N) is 4. The van der Waals surface area contributed by atoms with Crippen molar-refractivity contribution in [1.29, 1.82) is 5.26 Å². The van der Waals surface area contributed by atoms with Gasteiger partial charge in [0.2, 0.25) is 21.8 Å². The Bertz CT molecular complexity index is 1490. The lowest BCUT2D eigenvalue weighted by Crippen LogP contribution is -2.43. The highest BCUT2D eigenvalue weighted by Gasteiger charge is 2.31. The van der Waals surface area contributed by atoms with Crippen molar-refractivity contribution in [3.05, 3.63) is 58.3 Å². The summed E-state index contributed by atoms with van der Waals surface area (Å²) in [5.41, 5.74) is 2.40. The van der Waals surface area contributed by atoms with E-state index in [1.54, 1.807) is 24.0 Å². The van der Waals surface area contributed by atoms with Crippen molar-refractivity contribution >= 4 is 33.6 Å². The van der Waals surface area contributed by atoms with Crippen molar-refractivity contribution in [3.8, 4) is 6.07 Å². The molecule has 2 fully saturated rings. The van der Waals surface area contributed by atoms with Crippen LogP contribution >= 0.6 is 0 Å². The smallest absolute Gasteiger partial charge is 0.340 e. The molecule has 0 radical (unpaired) electrons. The van der Waals surface area contributed by atoms with Crippen LogP contribution in [0.15, 0.2) is 30.3 Å². The number of rotatable bonds is 10. The molecule has 2 aliphatic heterocycles. The van der Waals surface area contributed by atoms with E-state index in [-0.39, 0.29) is 35.9 Å². The topological polar surface area (TPSA) is 150 Å². The minimum atomic E-state index is -3.88. The van der Waals surface area contributed by atoms with Crippen LogP contribution in [0.1, 0.15) is 91.5 Å². The zero-order valence-corrected chi connectivity index (χ0v) is 25.8. The Balaban J connectivity index is 1.45. The molecule has 0 bridgehead atoms. The summed E-state index contributed by atoms with van der Waals surface area (Å²) >= 11 is 0.